The lowest BCUT2D eigenvalue weighted by Gasteiger charge is -2.44. The van der Waals surface area contributed by atoms with Crippen molar-refractivity contribution in [2.24, 2.45) is 5.92 Å². The summed E-state index contributed by atoms with van der Waals surface area (Å²) in [5.74, 6) is 2.82. The third kappa shape index (κ3) is 5.26. The van der Waals surface area contributed by atoms with Crippen molar-refractivity contribution in [3.63, 3.8) is 0 Å². The number of H-pyrrole nitrogens is 1. The molecule has 4 heterocycles. The zero-order valence-corrected chi connectivity index (χ0v) is 20.0. The molecule has 1 fully saturated rings. The summed E-state index contributed by atoms with van der Waals surface area (Å²) in [4.78, 5) is 23.5. The van der Waals surface area contributed by atoms with E-state index in [-0.39, 0.29) is 18.1 Å². The average Bonchev–Trinajstić information content (AvgIpc) is 3.23. The standard InChI is InChI=1S/C25H35N7O/c1-5-16(3)10-20-13-18(12-19(6-2)32(20)15-33)27-25-21-8-7-9-26-22(21)14-23(29-25)28-24-11-17(4)30-31-24/h7-9,11,14-16,18-20H,5-6,10,12-13H2,1-4H3,(H3,27,28,29,30,31)/t16?,18-,19-,20+/m1/s1. The van der Waals surface area contributed by atoms with Gasteiger partial charge in [-0.05, 0) is 50.7 Å². The Balaban J connectivity index is 1.61. The van der Waals surface area contributed by atoms with E-state index in [1.54, 1.807) is 6.20 Å². The summed E-state index contributed by atoms with van der Waals surface area (Å²) in [5.41, 5.74) is 1.85. The van der Waals surface area contributed by atoms with Crippen LogP contribution in [0.2, 0.25) is 0 Å². The highest BCUT2D eigenvalue weighted by molar-refractivity contribution is 5.91. The normalized spacial score (nSPS) is 21.7. The maximum absolute atomic E-state index is 11.9. The molecule has 0 radical (unpaired) electrons. The van der Waals surface area contributed by atoms with Gasteiger partial charge in [0.2, 0.25) is 6.41 Å². The van der Waals surface area contributed by atoms with Crippen LogP contribution in [0.5, 0.6) is 0 Å². The molecular weight excluding hydrogens is 414 g/mol. The number of amides is 1. The van der Waals surface area contributed by atoms with Crippen molar-refractivity contribution in [1.29, 1.82) is 0 Å². The molecule has 0 aliphatic carbocycles. The van der Waals surface area contributed by atoms with Crippen molar-refractivity contribution in [2.45, 2.75) is 77.9 Å². The fourth-order valence-corrected chi connectivity index (χ4v) is 4.87. The van der Waals surface area contributed by atoms with E-state index < -0.39 is 0 Å². The molecule has 0 bridgehead atoms. The minimum atomic E-state index is 0.235. The summed E-state index contributed by atoms with van der Waals surface area (Å²) < 4.78 is 0. The largest absolute Gasteiger partial charge is 0.367 e. The first kappa shape index (κ1) is 23.0. The number of nitrogens with one attached hydrogen (secondary N) is 3. The van der Waals surface area contributed by atoms with Crippen LogP contribution in [0.15, 0.2) is 30.5 Å². The molecule has 4 rings (SSSR count). The molecule has 0 spiro atoms. The summed E-state index contributed by atoms with van der Waals surface area (Å²) >= 11 is 0. The van der Waals surface area contributed by atoms with Gasteiger partial charge in [0, 0.05) is 47.5 Å². The van der Waals surface area contributed by atoms with Gasteiger partial charge >= 0.3 is 0 Å². The number of carbonyl (C=O) groups excluding carboxylic acids is 1. The monoisotopic (exact) mass is 449 g/mol. The minimum absolute atomic E-state index is 0.235. The first-order valence-corrected chi connectivity index (χ1v) is 12.0. The number of carbonyl (C=O) groups is 1. The summed E-state index contributed by atoms with van der Waals surface area (Å²) in [6.07, 6.45) is 7.78. The number of aromatic nitrogens is 4. The first-order valence-electron chi connectivity index (χ1n) is 12.0. The van der Waals surface area contributed by atoms with E-state index in [0.717, 1.165) is 66.7 Å². The highest BCUT2D eigenvalue weighted by Crippen LogP contribution is 2.32. The molecule has 3 aromatic rings. The van der Waals surface area contributed by atoms with Gasteiger partial charge in [0.1, 0.15) is 11.6 Å². The molecule has 1 aliphatic rings. The Bertz CT molecular complexity index is 1080. The molecule has 0 aromatic carbocycles. The van der Waals surface area contributed by atoms with Crippen molar-refractivity contribution < 1.29 is 4.79 Å². The number of hydrogen-bond donors (Lipinski definition) is 3. The molecule has 4 atom stereocenters. The minimum Gasteiger partial charge on any atom is -0.367 e. The SMILES string of the molecule is CCC(C)C[C@H]1C[C@H](Nc2nc(Nc3cc(C)[nH]n3)cc3ncccc23)C[C@@H](CC)N1C=O. The number of aromatic amines is 1. The third-order valence-electron chi connectivity index (χ3n) is 6.82. The van der Waals surface area contributed by atoms with Gasteiger partial charge in [-0.1, -0.05) is 27.2 Å². The van der Waals surface area contributed by atoms with E-state index in [1.165, 1.54) is 0 Å². The predicted octanol–water partition coefficient (Wildman–Crippen LogP) is 5.02. The number of rotatable bonds is 9. The Morgan fingerprint density at radius 1 is 1.24 bits per heavy atom. The van der Waals surface area contributed by atoms with E-state index in [1.807, 2.05) is 25.1 Å². The molecule has 8 nitrogen and oxygen atoms in total. The summed E-state index contributed by atoms with van der Waals surface area (Å²) in [5, 5.41) is 15.2. The second-order valence-corrected chi connectivity index (χ2v) is 9.32. The van der Waals surface area contributed by atoms with Crippen molar-refractivity contribution in [3.05, 3.63) is 36.2 Å². The molecule has 3 N–H and O–H groups in total. The van der Waals surface area contributed by atoms with Gasteiger partial charge in [0.15, 0.2) is 5.82 Å². The number of nitrogens with zero attached hydrogens (tertiary/aromatic N) is 4. The molecule has 0 saturated carbocycles. The Kier molecular flexibility index (Phi) is 7.11. The summed E-state index contributed by atoms with van der Waals surface area (Å²) in [7, 11) is 0. The number of piperidine rings is 1. The lowest BCUT2D eigenvalue weighted by Crippen LogP contribution is -2.52. The molecule has 1 aliphatic heterocycles. The van der Waals surface area contributed by atoms with Gasteiger partial charge in [0.05, 0.1) is 5.52 Å². The molecule has 176 valence electrons. The van der Waals surface area contributed by atoms with Gasteiger partial charge < -0.3 is 15.5 Å². The fourth-order valence-electron chi connectivity index (χ4n) is 4.87. The van der Waals surface area contributed by atoms with Crippen LogP contribution in [0.3, 0.4) is 0 Å². The second kappa shape index (κ2) is 10.2. The van der Waals surface area contributed by atoms with Crippen LogP contribution in [0.25, 0.3) is 10.9 Å². The Morgan fingerprint density at radius 3 is 2.76 bits per heavy atom. The fraction of sp³-hybridized carbons (Fsp3) is 0.520. The van der Waals surface area contributed by atoms with Crippen LogP contribution >= 0.6 is 0 Å². The molecule has 1 amide bonds. The van der Waals surface area contributed by atoms with Crippen molar-refractivity contribution in [2.75, 3.05) is 10.6 Å². The van der Waals surface area contributed by atoms with Crippen LogP contribution in [0.1, 0.15) is 58.6 Å². The lowest BCUT2D eigenvalue weighted by molar-refractivity contribution is -0.125. The van der Waals surface area contributed by atoms with E-state index in [4.69, 9.17) is 4.98 Å². The maximum atomic E-state index is 11.9. The van der Waals surface area contributed by atoms with Gasteiger partial charge in [-0.2, -0.15) is 5.10 Å². The van der Waals surface area contributed by atoms with E-state index in [9.17, 15) is 4.79 Å². The molecule has 1 saturated heterocycles. The molecule has 3 aromatic heterocycles. The lowest BCUT2D eigenvalue weighted by atomic mass is 9.85. The number of hydrogen-bond acceptors (Lipinski definition) is 6. The van der Waals surface area contributed by atoms with Gasteiger partial charge in [-0.15, -0.1) is 0 Å². The third-order valence-corrected chi connectivity index (χ3v) is 6.82. The van der Waals surface area contributed by atoms with Crippen molar-refractivity contribution in [3.8, 4) is 0 Å². The first-order chi connectivity index (χ1) is 16.0. The predicted molar refractivity (Wildman–Crippen MR) is 133 cm³/mol. The van der Waals surface area contributed by atoms with Crippen LogP contribution in [0, 0.1) is 12.8 Å². The molecule has 1 unspecified atom stereocenters. The van der Waals surface area contributed by atoms with Crippen LogP contribution in [-0.2, 0) is 4.79 Å². The quantitative estimate of drug-likeness (QED) is 0.397. The average molecular weight is 450 g/mol. The Labute approximate surface area is 195 Å². The molecule has 33 heavy (non-hydrogen) atoms. The summed E-state index contributed by atoms with van der Waals surface area (Å²) in [6.45, 7) is 8.62. The van der Waals surface area contributed by atoms with Crippen molar-refractivity contribution >= 4 is 34.8 Å². The second-order valence-electron chi connectivity index (χ2n) is 9.32. The van der Waals surface area contributed by atoms with Crippen molar-refractivity contribution in [1.82, 2.24) is 25.1 Å². The maximum Gasteiger partial charge on any atom is 0.210 e. The van der Waals surface area contributed by atoms with E-state index >= 15 is 0 Å². The Hall–Kier alpha value is -3.16. The topological polar surface area (TPSA) is 98.8 Å². The van der Waals surface area contributed by atoms with Gasteiger partial charge in [0.25, 0.3) is 0 Å². The van der Waals surface area contributed by atoms with Gasteiger partial charge in [-0.25, -0.2) is 4.98 Å². The zero-order chi connectivity index (χ0) is 23.4. The highest BCUT2D eigenvalue weighted by atomic mass is 16.1. The number of pyridine rings is 2. The number of likely N-dealkylation sites (tertiary alicyclic amines) is 1. The van der Waals surface area contributed by atoms with E-state index in [0.29, 0.717) is 11.7 Å². The van der Waals surface area contributed by atoms with E-state index in [2.05, 4.69) is 57.6 Å². The Morgan fingerprint density at radius 2 is 2.06 bits per heavy atom. The smallest absolute Gasteiger partial charge is 0.210 e. The van der Waals surface area contributed by atoms with Crippen LogP contribution in [-0.4, -0.2) is 49.6 Å². The highest BCUT2D eigenvalue weighted by Gasteiger charge is 2.34. The zero-order valence-electron chi connectivity index (χ0n) is 20.0. The van der Waals surface area contributed by atoms with Crippen LogP contribution < -0.4 is 10.6 Å². The molecular formula is C25H35N7O. The number of aryl methyl sites for hydroxylation is 1. The van der Waals surface area contributed by atoms with Gasteiger partial charge in [-0.3, -0.25) is 14.9 Å². The summed E-state index contributed by atoms with van der Waals surface area (Å²) in [6, 6.07) is 8.59. The number of fused-ring (bicyclic) bond motifs is 1. The molecule has 8 heteroatoms. The number of anilines is 3. The van der Waals surface area contributed by atoms with Crippen LogP contribution in [0.4, 0.5) is 17.5 Å².